The van der Waals surface area contributed by atoms with Crippen LogP contribution in [-0.2, 0) is 19.6 Å². The van der Waals surface area contributed by atoms with E-state index in [2.05, 4.69) is 9.13 Å². The Balaban J connectivity index is 3.04. The Morgan fingerprint density at radius 2 is 2.21 bits per heavy atom. The van der Waals surface area contributed by atoms with E-state index in [1.165, 1.54) is 6.07 Å². The fourth-order valence-electron chi connectivity index (χ4n) is 1.11. The number of ether oxygens (including phenoxy) is 1. The predicted molar refractivity (Wildman–Crippen MR) is 65.4 cm³/mol. The number of benzene rings is 1. The largest absolute Gasteiger partial charge is 0.462 e. The third-order valence-corrected chi connectivity index (χ3v) is 3.14. The summed E-state index contributed by atoms with van der Waals surface area (Å²) in [6.45, 7) is 1.64. The molecule has 0 aliphatic rings. The van der Waals surface area contributed by atoms with E-state index in [1.807, 2.05) is 0 Å². The molecular weight excluding hydrogens is 276 g/mol. The van der Waals surface area contributed by atoms with E-state index in [-0.39, 0.29) is 17.2 Å². The minimum atomic E-state index is -4.17. The van der Waals surface area contributed by atoms with Gasteiger partial charge in [-0.05, 0) is 13.0 Å². The summed E-state index contributed by atoms with van der Waals surface area (Å²) in [5.41, 5.74) is -0.382. The average molecular weight is 286 g/mol. The summed E-state index contributed by atoms with van der Waals surface area (Å²) < 4.78 is 30.9. The van der Waals surface area contributed by atoms with Gasteiger partial charge in [0.05, 0.1) is 16.4 Å². The van der Waals surface area contributed by atoms with Gasteiger partial charge in [-0.2, -0.15) is 12.8 Å². The first-order valence-electron chi connectivity index (χ1n) is 5.08. The summed E-state index contributed by atoms with van der Waals surface area (Å²) in [5.74, 6) is -0.906. The second kappa shape index (κ2) is 6.05. The molecule has 0 saturated heterocycles. The highest BCUT2D eigenvalue weighted by molar-refractivity contribution is 7.90. The van der Waals surface area contributed by atoms with Crippen LogP contribution >= 0.6 is 0 Å². The number of hydrogen-bond acceptors (Lipinski definition) is 6. The lowest BCUT2D eigenvalue weighted by Crippen LogP contribution is -2.07. The van der Waals surface area contributed by atoms with Crippen molar-refractivity contribution in [2.75, 3.05) is 6.61 Å². The molecule has 19 heavy (non-hydrogen) atoms. The maximum Gasteiger partial charge on any atom is 0.350 e. The van der Waals surface area contributed by atoms with Crippen LogP contribution in [0.2, 0.25) is 0 Å². The molecule has 0 aromatic heterocycles. The molecule has 0 atom stereocenters. The maximum atomic E-state index is 11.7. The van der Waals surface area contributed by atoms with E-state index in [0.29, 0.717) is 6.21 Å². The highest BCUT2D eigenvalue weighted by atomic mass is 32.2. The van der Waals surface area contributed by atoms with Crippen LogP contribution in [0.3, 0.4) is 0 Å². The highest BCUT2D eigenvalue weighted by Crippen LogP contribution is 2.18. The number of esters is 1. The zero-order valence-electron chi connectivity index (χ0n) is 9.85. The quantitative estimate of drug-likeness (QED) is 0.344. The summed E-state index contributed by atoms with van der Waals surface area (Å²) in [7, 11) is -4.17. The number of nitrogens with zero attached hydrogens (tertiary/aromatic N) is 2. The first kappa shape index (κ1) is 14.8. The second-order valence-electron chi connectivity index (χ2n) is 3.22. The van der Waals surface area contributed by atoms with Gasteiger partial charge in [0.15, 0.2) is 0 Å². The molecule has 8 nitrogen and oxygen atoms in total. The average Bonchev–Trinajstić information content (AvgIpc) is 2.37. The molecule has 0 aliphatic carbocycles. The standard InChI is InChI=1S/C10H10N2O6S/c1-2-18-10(13)7-11-19(16,17)9-5-3-4-8(6-9)12(14)15/h3-7H,2H2,1H3. The Bertz CT molecular complexity index is 623. The highest BCUT2D eigenvalue weighted by Gasteiger charge is 2.16. The molecule has 0 saturated carbocycles. The fraction of sp³-hybridized carbons (Fsp3) is 0.200. The van der Waals surface area contributed by atoms with E-state index in [0.717, 1.165) is 18.2 Å². The summed E-state index contributed by atoms with van der Waals surface area (Å²) >= 11 is 0. The lowest BCUT2D eigenvalue weighted by Gasteiger charge is -1.98. The zero-order chi connectivity index (χ0) is 14.5. The zero-order valence-corrected chi connectivity index (χ0v) is 10.7. The van der Waals surface area contributed by atoms with Crippen LogP contribution in [0.25, 0.3) is 0 Å². The van der Waals surface area contributed by atoms with E-state index < -0.39 is 20.9 Å². The van der Waals surface area contributed by atoms with Crippen LogP contribution in [0, 0.1) is 10.1 Å². The van der Waals surface area contributed by atoms with E-state index in [4.69, 9.17) is 0 Å². The molecule has 0 spiro atoms. The normalized spacial score (nSPS) is 11.4. The van der Waals surface area contributed by atoms with Crippen molar-refractivity contribution in [2.24, 2.45) is 4.40 Å². The molecule has 1 aromatic carbocycles. The number of nitro groups is 1. The lowest BCUT2D eigenvalue weighted by molar-refractivity contribution is -0.385. The van der Waals surface area contributed by atoms with Crippen molar-refractivity contribution in [1.82, 2.24) is 0 Å². The van der Waals surface area contributed by atoms with Crippen molar-refractivity contribution in [1.29, 1.82) is 0 Å². The number of carbonyl (C=O) groups is 1. The van der Waals surface area contributed by atoms with Gasteiger partial charge in [-0.3, -0.25) is 10.1 Å². The Morgan fingerprint density at radius 3 is 2.79 bits per heavy atom. The van der Waals surface area contributed by atoms with Crippen LogP contribution in [0.1, 0.15) is 6.92 Å². The van der Waals surface area contributed by atoms with Gasteiger partial charge in [-0.15, -0.1) is 0 Å². The van der Waals surface area contributed by atoms with Crippen molar-refractivity contribution in [2.45, 2.75) is 11.8 Å². The fourth-order valence-corrected chi connectivity index (χ4v) is 1.98. The first-order chi connectivity index (χ1) is 8.86. The van der Waals surface area contributed by atoms with Gasteiger partial charge in [0.2, 0.25) is 0 Å². The first-order valence-corrected chi connectivity index (χ1v) is 6.52. The summed E-state index contributed by atoms with van der Waals surface area (Å²) in [6.07, 6.45) is 0.512. The SMILES string of the molecule is CCOC(=O)C=NS(=O)(=O)c1cccc([N+](=O)[O-])c1. The molecule has 0 aliphatic heterocycles. The third-order valence-electron chi connectivity index (χ3n) is 1.91. The molecule has 0 heterocycles. The van der Waals surface area contributed by atoms with Gasteiger partial charge >= 0.3 is 5.97 Å². The van der Waals surface area contributed by atoms with Crippen molar-refractivity contribution >= 4 is 27.9 Å². The molecule has 0 unspecified atom stereocenters. The second-order valence-corrected chi connectivity index (χ2v) is 4.85. The maximum absolute atomic E-state index is 11.7. The van der Waals surface area contributed by atoms with E-state index in [1.54, 1.807) is 6.92 Å². The van der Waals surface area contributed by atoms with Crippen molar-refractivity contribution in [3.63, 3.8) is 0 Å². The molecule has 102 valence electrons. The minimum Gasteiger partial charge on any atom is -0.462 e. The van der Waals surface area contributed by atoms with Crippen LogP contribution in [0.5, 0.6) is 0 Å². The molecule has 0 bridgehead atoms. The summed E-state index contributed by atoms with van der Waals surface area (Å²) in [4.78, 5) is 20.4. The Hall–Kier alpha value is -2.29. The molecule has 0 N–H and O–H groups in total. The number of hydrogen-bond donors (Lipinski definition) is 0. The molecular formula is C10H10N2O6S. The van der Waals surface area contributed by atoms with E-state index in [9.17, 15) is 23.3 Å². The predicted octanol–water partition coefficient (Wildman–Crippen LogP) is 0.917. The van der Waals surface area contributed by atoms with Crippen molar-refractivity contribution < 1.29 is 22.9 Å². The topological polar surface area (TPSA) is 116 Å². The Morgan fingerprint density at radius 1 is 1.53 bits per heavy atom. The van der Waals surface area contributed by atoms with Gasteiger partial charge in [0.25, 0.3) is 15.7 Å². The molecule has 1 aromatic rings. The molecule has 0 fully saturated rings. The third kappa shape index (κ3) is 4.14. The number of sulfonamides is 1. The summed E-state index contributed by atoms with van der Waals surface area (Å²) in [5, 5.41) is 10.5. The van der Waals surface area contributed by atoms with Crippen LogP contribution in [-0.4, -0.2) is 32.1 Å². The van der Waals surface area contributed by atoms with Crippen molar-refractivity contribution in [3.8, 4) is 0 Å². The Kier molecular flexibility index (Phi) is 4.70. The van der Waals surface area contributed by atoms with E-state index >= 15 is 0 Å². The molecule has 0 radical (unpaired) electrons. The molecule has 0 amide bonds. The van der Waals surface area contributed by atoms with Gasteiger partial charge in [-0.25, -0.2) is 4.79 Å². The Labute approximate surface area is 108 Å². The van der Waals surface area contributed by atoms with Gasteiger partial charge in [-0.1, -0.05) is 6.07 Å². The number of carbonyl (C=O) groups excluding carboxylic acids is 1. The van der Waals surface area contributed by atoms with Gasteiger partial charge < -0.3 is 4.74 Å². The lowest BCUT2D eigenvalue weighted by atomic mass is 10.3. The monoisotopic (exact) mass is 286 g/mol. The number of rotatable bonds is 5. The molecule has 1 rings (SSSR count). The van der Waals surface area contributed by atoms with Crippen LogP contribution in [0.15, 0.2) is 33.6 Å². The van der Waals surface area contributed by atoms with Crippen LogP contribution < -0.4 is 0 Å². The summed E-state index contributed by atoms with van der Waals surface area (Å²) in [6, 6.07) is 4.36. The van der Waals surface area contributed by atoms with Gasteiger partial charge in [0.1, 0.15) is 6.21 Å². The smallest absolute Gasteiger partial charge is 0.350 e. The number of non-ortho nitro benzene ring substituents is 1. The minimum absolute atomic E-state index is 0.0850. The van der Waals surface area contributed by atoms with Crippen molar-refractivity contribution in [3.05, 3.63) is 34.4 Å². The van der Waals surface area contributed by atoms with Gasteiger partial charge in [0, 0.05) is 12.1 Å². The molecule has 9 heteroatoms. The van der Waals surface area contributed by atoms with Crippen LogP contribution in [0.4, 0.5) is 5.69 Å². The number of nitro benzene ring substituents is 1.